The molecule has 1 aromatic carbocycles. The van der Waals surface area contributed by atoms with Crippen molar-refractivity contribution in [1.82, 2.24) is 9.97 Å². The number of fused-ring (bicyclic) bond motifs is 1. The first-order valence-corrected chi connectivity index (χ1v) is 7.62. The number of nitrogens with zero attached hydrogens (tertiary/aromatic N) is 2. The third-order valence-corrected chi connectivity index (χ3v) is 4.52. The Bertz CT molecular complexity index is 664. The summed E-state index contributed by atoms with van der Waals surface area (Å²) in [6.07, 6.45) is 2.76. The number of anilines is 1. The molecule has 0 radical (unpaired) electrons. The number of benzene rings is 1. The van der Waals surface area contributed by atoms with Crippen LogP contribution in [-0.4, -0.2) is 23.6 Å². The lowest BCUT2D eigenvalue weighted by Gasteiger charge is -1.99. The minimum atomic E-state index is 0.821. The molecule has 3 rings (SSSR count). The number of hydrogen-bond donors (Lipinski definition) is 1. The van der Waals surface area contributed by atoms with Crippen molar-refractivity contribution in [3.63, 3.8) is 0 Å². The molecule has 0 spiro atoms. The zero-order valence-corrected chi connectivity index (χ0v) is 12.1. The Kier molecular flexibility index (Phi) is 3.61. The molecule has 0 saturated heterocycles. The molecule has 4 nitrogen and oxygen atoms in total. The summed E-state index contributed by atoms with van der Waals surface area (Å²) in [7, 11) is 1.67. The number of nitrogens with one attached hydrogen (secondary N) is 1. The minimum absolute atomic E-state index is 0.821. The molecule has 6 heteroatoms. The molecule has 2 heterocycles. The minimum Gasteiger partial charge on any atom is -0.494 e. The summed E-state index contributed by atoms with van der Waals surface area (Å²) in [5, 5.41) is 7.41. The van der Waals surface area contributed by atoms with E-state index in [1.807, 2.05) is 23.7 Å². The quantitative estimate of drug-likeness (QED) is 0.782. The Morgan fingerprint density at radius 3 is 3.11 bits per heavy atom. The molecular weight excluding hydrogens is 278 g/mol. The summed E-state index contributed by atoms with van der Waals surface area (Å²) < 4.78 is 6.45. The first kappa shape index (κ1) is 12.4. The van der Waals surface area contributed by atoms with E-state index in [0.717, 1.165) is 39.1 Å². The van der Waals surface area contributed by atoms with Gasteiger partial charge in [-0.15, -0.1) is 11.3 Å². The van der Waals surface area contributed by atoms with E-state index in [1.165, 1.54) is 0 Å². The highest BCUT2D eigenvalue weighted by Gasteiger charge is 2.07. The topological polar surface area (TPSA) is 47.0 Å². The maximum atomic E-state index is 5.31. The van der Waals surface area contributed by atoms with Gasteiger partial charge in [0, 0.05) is 24.5 Å². The van der Waals surface area contributed by atoms with Crippen LogP contribution in [0.25, 0.3) is 10.2 Å². The second kappa shape index (κ2) is 5.54. The second-order valence-corrected chi connectivity index (χ2v) is 5.94. The lowest BCUT2D eigenvalue weighted by molar-refractivity contribution is 0.419. The zero-order valence-electron chi connectivity index (χ0n) is 10.4. The molecule has 1 N–H and O–H groups in total. The van der Waals surface area contributed by atoms with Crippen LogP contribution in [0.2, 0.25) is 0 Å². The molecule has 0 aliphatic heterocycles. The summed E-state index contributed by atoms with van der Waals surface area (Å²) in [6.45, 7) is 0.843. The number of hydrogen-bond acceptors (Lipinski definition) is 6. The van der Waals surface area contributed by atoms with Crippen LogP contribution in [0.15, 0.2) is 29.8 Å². The summed E-state index contributed by atoms with van der Waals surface area (Å²) in [4.78, 5) is 8.83. The van der Waals surface area contributed by atoms with Gasteiger partial charge >= 0.3 is 0 Å². The Balaban J connectivity index is 1.71. The summed E-state index contributed by atoms with van der Waals surface area (Å²) in [5.74, 6) is 0.821. The van der Waals surface area contributed by atoms with E-state index >= 15 is 0 Å². The molecule has 2 aromatic heterocycles. The predicted molar refractivity (Wildman–Crippen MR) is 80.5 cm³/mol. The van der Waals surface area contributed by atoms with Gasteiger partial charge in [0.25, 0.3) is 0 Å². The van der Waals surface area contributed by atoms with Crippen molar-refractivity contribution in [2.75, 3.05) is 19.0 Å². The van der Waals surface area contributed by atoms with Crippen molar-refractivity contribution in [2.45, 2.75) is 6.42 Å². The normalized spacial score (nSPS) is 10.8. The maximum absolute atomic E-state index is 5.31. The number of aromatic nitrogens is 2. The maximum Gasteiger partial charge on any atom is 0.183 e. The van der Waals surface area contributed by atoms with E-state index in [1.54, 1.807) is 29.8 Å². The van der Waals surface area contributed by atoms with Gasteiger partial charge in [0.2, 0.25) is 0 Å². The van der Waals surface area contributed by atoms with Crippen molar-refractivity contribution < 1.29 is 4.74 Å². The summed E-state index contributed by atoms with van der Waals surface area (Å²) >= 11 is 3.33. The first-order chi connectivity index (χ1) is 9.36. The molecule has 0 unspecified atom stereocenters. The molecule has 0 amide bonds. The Morgan fingerprint density at radius 2 is 2.32 bits per heavy atom. The van der Waals surface area contributed by atoms with Gasteiger partial charge in [0.15, 0.2) is 5.13 Å². The fourth-order valence-electron chi connectivity index (χ4n) is 1.82. The van der Waals surface area contributed by atoms with Crippen LogP contribution < -0.4 is 10.1 Å². The van der Waals surface area contributed by atoms with Gasteiger partial charge in [0.05, 0.1) is 16.8 Å². The number of rotatable bonds is 5. The summed E-state index contributed by atoms with van der Waals surface area (Å²) in [5.41, 5.74) is 0.923. The molecule has 0 bridgehead atoms. The van der Waals surface area contributed by atoms with Crippen LogP contribution in [0, 0.1) is 0 Å². The van der Waals surface area contributed by atoms with Crippen LogP contribution in [0.5, 0.6) is 5.75 Å². The highest BCUT2D eigenvalue weighted by molar-refractivity contribution is 7.22. The van der Waals surface area contributed by atoms with Crippen molar-refractivity contribution in [3.8, 4) is 5.75 Å². The highest BCUT2D eigenvalue weighted by atomic mass is 32.1. The highest BCUT2D eigenvalue weighted by Crippen LogP contribution is 2.31. The third kappa shape index (κ3) is 2.69. The van der Waals surface area contributed by atoms with E-state index in [0.29, 0.717) is 0 Å². The lowest BCUT2D eigenvalue weighted by Crippen LogP contribution is -2.03. The van der Waals surface area contributed by atoms with Gasteiger partial charge in [0.1, 0.15) is 11.3 Å². The van der Waals surface area contributed by atoms with Gasteiger partial charge in [-0.3, -0.25) is 0 Å². The van der Waals surface area contributed by atoms with Crippen LogP contribution >= 0.6 is 22.7 Å². The fraction of sp³-hybridized carbons (Fsp3) is 0.231. The van der Waals surface area contributed by atoms with E-state index in [4.69, 9.17) is 4.74 Å². The van der Waals surface area contributed by atoms with Gasteiger partial charge < -0.3 is 10.1 Å². The molecule has 19 heavy (non-hydrogen) atoms. The van der Waals surface area contributed by atoms with Crippen LogP contribution in [0.3, 0.4) is 0 Å². The molecule has 0 atom stereocenters. The number of ether oxygens (including phenoxy) is 1. The van der Waals surface area contributed by atoms with Crippen LogP contribution in [-0.2, 0) is 6.42 Å². The Morgan fingerprint density at radius 1 is 1.37 bits per heavy atom. The van der Waals surface area contributed by atoms with Gasteiger partial charge in [-0.2, -0.15) is 0 Å². The summed E-state index contributed by atoms with van der Waals surface area (Å²) in [6, 6.07) is 5.97. The van der Waals surface area contributed by atoms with Crippen LogP contribution in [0.4, 0.5) is 5.13 Å². The second-order valence-electron chi connectivity index (χ2n) is 3.93. The first-order valence-electron chi connectivity index (χ1n) is 5.92. The predicted octanol–water partition coefficient (Wildman–Crippen LogP) is 3.42. The SMILES string of the molecule is COc1cccc2sc(NCCc3nccs3)nc12. The van der Waals surface area contributed by atoms with Gasteiger partial charge in [-0.05, 0) is 12.1 Å². The Hall–Kier alpha value is -1.66. The van der Waals surface area contributed by atoms with Crippen molar-refractivity contribution in [3.05, 3.63) is 34.8 Å². The zero-order chi connectivity index (χ0) is 13.1. The van der Waals surface area contributed by atoms with E-state index < -0.39 is 0 Å². The molecular formula is C13H13N3OS2. The number of thiazole rings is 2. The standard InChI is InChI=1S/C13H13N3OS2/c1-17-9-3-2-4-10-12(9)16-13(19-10)15-6-5-11-14-7-8-18-11/h2-4,7-8H,5-6H2,1H3,(H,15,16). The molecule has 0 aliphatic carbocycles. The Labute approximate surface area is 119 Å². The number of methoxy groups -OCH3 is 1. The molecule has 98 valence electrons. The lowest BCUT2D eigenvalue weighted by atomic mass is 10.3. The smallest absolute Gasteiger partial charge is 0.183 e. The molecule has 0 aliphatic rings. The van der Waals surface area contributed by atoms with Gasteiger partial charge in [-0.1, -0.05) is 17.4 Å². The van der Waals surface area contributed by atoms with Gasteiger partial charge in [-0.25, -0.2) is 9.97 Å². The van der Waals surface area contributed by atoms with Crippen molar-refractivity contribution >= 4 is 38.0 Å². The van der Waals surface area contributed by atoms with Crippen LogP contribution in [0.1, 0.15) is 5.01 Å². The molecule has 3 aromatic rings. The average molecular weight is 291 g/mol. The molecule has 0 fully saturated rings. The fourth-order valence-corrected chi connectivity index (χ4v) is 3.35. The number of para-hydroxylation sites is 1. The third-order valence-electron chi connectivity index (χ3n) is 2.70. The monoisotopic (exact) mass is 291 g/mol. The van der Waals surface area contributed by atoms with E-state index in [2.05, 4.69) is 21.4 Å². The van der Waals surface area contributed by atoms with Crippen molar-refractivity contribution in [2.24, 2.45) is 0 Å². The largest absolute Gasteiger partial charge is 0.494 e. The molecule has 0 saturated carbocycles. The van der Waals surface area contributed by atoms with Crippen molar-refractivity contribution in [1.29, 1.82) is 0 Å². The average Bonchev–Trinajstić information content (AvgIpc) is 3.06. The van der Waals surface area contributed by atoms with E-state index in [-0.39, 0.29) is 0 Å². The van der Waals surface area contributed by atoms with E-state index in [9.17, 15) is 0 Å².